The van der Waals surface area contributed by atoms with Crippen LogP contribution >= 0.6 is 0 Å². The normalized spacial score (nSPS) is 17.7. The Morgan fingerprint density at radius 2 is 2.00 bits per heavy atom. The molecule has 1 heterocycles. The van der Waals surface area contributed by atoms with Crippen LogP contribution in [0.5, 0.6) is 0 Å². The molecule has 0 bridgehead atoms. The van der Waals surface area contributed by atoms with E-state index in [2.05, 4.69) is 0 Å². The maximum Gasteiger partial charge on any atom is 0.507 e. The summed E-state index contributed by atoms with van der Waals surface area (Å²) in [4.78, 5) is 35.3. The summed E-state index contributed by atoms with van der Waals surface area (Å²) in [5, 5.41) is 17.5. The molecule has 118 valence electrons. The van der Waals surface area contributed by atoms with Gasteiger partial charge in [-0.25, -0.2) is 4.79 Å². The van der Waals surface area contributed by atoms with Crippen molar-refractivity contribution in [3.05, 3.63) is 29.8 Å². The van der Waals surface area contributed by atoms with E-state index in [0.29, 0.717) is 12.1 Å². The lowest BCUT2D eigenvalue weighted by Gasteiger charge is -2.26. The third kappa shape index (κ3) is 3.36. The number of carboxylic acids is 1. The Bertz CT molecular complexity index is 599. The van der Waals surface area contributed by atoms with Crippen LogP contribution in [0, 0.1) is 5.92 Å². The van der Waals surface area contributed by atoms with Crippen molar-refractivity contribution < 1.29 is 29.3 Å². The van der Waals surface area contributed by atoms with Crippen molar-refractivity contribution in [1.82, 2.24) is 0 Å². The average Bonchev–Trinajstić information content (AvgIpc) is 2.80. The van der Waals surface area contributed by atoms with Gasteiger partial charge in [0.25, 0.3) is 0 Å². The first kappa shape index (κ1) is 15.8. The highest BCUT2D eigenvalue weighted by Crippen LogP contribution is 2.34. The number of hydrogen-bond acceptors (Lipinski definition) is 4. The summed E-state index contributed by atoms with van der Waals surface area (Å²) in [5.74, 6) is -1.85. The van der Waals surface area contributed by atoms with E-state index in [1.54, 1.807) is 25.1 Å². The smallest absolute Gasteiger partial charge is 0.481 e. The Morgan fingerprint density at radius 1 is 1.32 bits per heavy atom. The molecule has 1 aliphatic rings. The van der Waals surface area contributed by atoms with Gasteiger partial charge in [0, 0.05) is 18.8 Å². The van der Waals surface area contributed by atoms with Crippen molar-refractivity contribution in [2.24, 2.45) is 5.92 Å². The number of benzene rings is 1. The van der Waals surface area contributed by atoms with Crippen LogP contribution in [0.1, 0.15) is 25.3 Å². The number of fused-ring (bicyclic) bond motifs is 1. The van der Waals surface area contributed by atoms with Crippen molar-refractivity contribution in [2.75, 3.05) is 4.90 Å². The third-order valence-electron chi connectivity index (χ3n) is 3.62. The van der Waals surface area contributed by atoms with E-state index < -0.39 is 24.3 Å². The molecule has 2 N–H and O–H groups in total. The highest BCUT2D eigenvalue weighted by atomic mass is 16.7. The number of carbonyl (C=O) groups excluding carboxylic acids is 1. The standard InChI is InChI=1S/C15H17NO6/c1-9(6-7-13(17)18)14(19)16-11-5-3-2-4-10(11)8-12(16)22-15(20)21/h2-5,9,12H,6-8H2,1H3,(H,17,18)(H,20,21)/t9-,12+/m1/s1. The fourth-order valence-electron chi connectivity index (χ4n) is 2.53. The summed E-state index contributed by atoms with van der Waals surface area (Å²) in [6, 6.07) is 7.09. The van der Waals surface area contributed by atoms with Gasteiger partial charge in [0.15, 0.2) is 6.23 Å². The van der Waals surface area contributed by atoms with E-state index in [-0.39, 0.29) is 18.7 Å². The molecular formula is C15H17NO6. The lowest BCUT2D eigenvalue weighted by Crippen LogP contribution is -2.43. The summed E-state index contributed by atoms with van der Waals surface area (Å²) in [5.41, 5.74) is 1.44. The van der Waals surface area contributed by atoms with Gasteiger partial charge in [0.05, 0.1) is 5.69 Å². The minimum Gasteiger partial charge on any atom is -0.481 e. The van der Waals surface area contributed by atoms with E-state index in [1.165, 1.54) is 4.90 Å². The molecule has 0 saturated heterocycles. The average molecular weight is 307 g/mol. The first-order valence-electron chi connectivity index (χ1n) is 6.92. The van der Waals surface area contributed by atoms with Gasteiger partial charge in [-0.15, -0.1) is 0 Å². The zero-order valence-electron chi connectivity index (χ0n) is 12.1. The predicted octanol–water partition coefficient (Wildman–Crippen LogP) is 2.10. The third-order valence-corrected chi connectivity index (χ3v) is 3.62. The zero-order chi connectivity index (χ0) is 16.3. The maximum absolute atomic E-state index is 12.6. The topological polar surface area (TPSA) is 104 Å². The van der Waals surface area contributed by atoms with Gasteiger partial charge in [0.1, 0.15) is 0 Å². The molecule has 0 radical (unpaired) electrons. The van der Waals surface area contributed by atoms with Crippen molar-refractivity contribution >= 4 is 23.7 Å². The van der Waals surface area contributed by atoms with Gasteiger partial charge in [0.2, 0.25) is 5.91 Å². The number of aliphatic carboxylic acids is 1. The van der Waals surface area contributed by atoms with Crippen molar-refractivity contribution in [3.8, 4) is 0 Å². The van der Waals surface area contributed by atoms with Crippen LogP contribution in [-0.2, 0) is 20.7 Å². The second-order valence-corrected chi connectivity index (χ2v) is 5.21. The van der Waals surface area contributed by atoms with Gasteiger partial charge in [-0.2, -0.15) is 0 Å². The molecule has 0 aromatic heterocycles. The molecule has 0 spiro atoms. The molecule has 1 aromatic rings. The Morgan fingerprint density at radius 3 is 2.64 bits per heavy atom. The van der Waals surface area contributed by atoms with E-state index in [1.807, 2.05) is 6.07 Å². The van der Waals surface area contributed by atoms with Gasteiger partial charge in [-0.1, -0.05) is 25.1 Å². The van der Waals surface area contributed by atoms with E-state index >= 15 is 0 Å². The first-order valence-corrected chi connectivity index (χ1v) is 6.92. The Labute approximate surface area is 127 Å². The zero-order valence-corrected chi connectivity index (χ0v) is 12.1. The Balaban J connectivity index is 2.21. The Kier molecular flexibility index (Phi) is 4.65. The fraction of sp³-hybridized carbons (Fsp3) is 0.400. The molecule has 0 fully saturated rings. The molecule has 0 aliphatic carbocycles. The number of hydrogen-bond donors (Lipinski definition) is 2. The lowest BCUT2D eigenvalue weighted by molar-refractivity contribution is -0.137. The quantitative estimate of drug-likeness (QED) is 0.807. The molecule has 0 unspecified atom stereocenters. The summed E-state index contributed by atoms with van der Waals surface area (Å²) >= 11 is 0. The lowest BCUT2D eigenvalue weighted by atomic mass is 10.0. The van der Waals surface area contributed by atoms with Crippen molar-refractivity contribution in [2.45, 2.75) is 32.4 Å². The number of nitrogens with zero attached hydrogens (tertiary/aromatic N) is 1. The number of amides is 1. The second-order valence-electron chi connectivity index (χ2n) is 5.21. The van der Waals surface area contributed by atoms with Crippen molar-refractivity contribution in [3.63, 3.8) is 0 Å². The number of anilines is 1. The van der Waals surface area contributed by atoms with Crippen LogP contribution in [0.4, 0.5) is 10.5 Å². The van der Waals surface area contributed by atoms with E-state index in [0.717, 1.165) is 5.56 Å². The molecule has 2 atom stereocenters. The van der Waals surface area contributed by atoms with Crippen LogP contribution in [0.3, 0.4) is 0 Å². The molecule has 7 heteroatoms. The first-order chi connectivity index (χ1) is 10.4. The molecular weight excluding hydrogens is 290 g/mol. The number of carboxylic acid groups (broad SMARTS) is 2. The summed E-state index contributed by atoms with van der Waals surface area (Å²) < 4.78 is 4.81. The van der Waals surface area contributed by atoms with E-state index in [4.69, 9.17) is 14.9 Å². The fourth-order valence-corrected chi connectivity index (χ4v) is 2.53. The Hall–Kier alpha value is -2.57. The minimum absolute atomic E-state index is 0.118. The number of carbonyl (C=O) groups is 3. The molecule has 1 amide bonds. The maximum atomic E-state index is 12.6. The van der Waals surface area contributed by atoms with Crippen LogP contribution in [0.15, 0.2) is 24.3 Å². The molecule has 2 rings (SSSR count). The monoisotopic (exact) mass is 307 g/mol. The van der Waals surface area contributed by atoms with Crippen molar-refractivity contribution in [1.29, 1.82) is 0 Å². The van der Waals surface area contributed by atoms with Gasteiger partial charge < -0.3 is 14.9 Å². The largest absolute Gasteiger partial charge is 0.507 e. The van der Waals surface area contributed by atoms with Gasteiger partial charge in [-0.05, 0) is 18.1 Å². The number of rotatable bonds is 5. The van der Waals surface area contributed by atoms with Crippen LogP contribution in [0.25, 0.3) is 0 Å². The molecule has 1 aliphatic heterocycles. The molecule has 1 aromatic carbocycles. The minimum atomic E-state index is -1.45. The SMILES string of the molecule is C[C@H](CCC(=O)O)C(=O)N1c2ccccc2C[C@@H]1OC(=O)O. The van der Waals surface area contributed by atoms with Crippen LogP contribution < -0.4 is 4.90 Å². The van der Waals surface area contributed by atoms with Crippen LogP contribution in [-0.4, -0.2) is 34.5 Å². The summed E-state index contributed by atoms with van der Waals surface area (Å²) in [6.07, 6.45) is -2.00. The predicted molar refractivity (Wildman–Crippen MR) is 76.6 cm³/mol. The van der Waals surface area contributed by atoms with Gasteiger partial charge in [-0.3, -0.25) is 14.5 Å². The summed E-state index contributed by atoms with van der Waals surface area (Å²) in [6.45, 7) is 1.63. The second kappa shape index (κ2) is 6.46. The molecule has 0 saturated carbocycles. The molecule has 22 heavy (non-hydrogen) atoms. The van der Waals surface area contributed by atoms with Gasteiger partial charge >= 0.3 is 12.1 Å². The highest BCUT2D eigenvalue weighted by Gasteiger charge is 2.37. The highest BCUT2D eigenvalue weighted by molar-refractivity contribution is 5.97. The van der Waals surface area contributed by atoms with Crippen LogP contribution in [0.2, 0.25) is 0 Å². The number of para-hydroxylation sites is 1. The molecule has 7 nitrogen and oxygen atoms in total. The summed E-state index contributed by atoms with van der Waals surface area (Å²) in [7, 11) is 0. The van der Waals surface area contributed by atoms with E-state index in [9.17, 15) is 14.4 Å². The number of ether oxygens (including phenoxy) is 1.